The Morgan fingerprint density at radius 3 is 2.44 bits per heavy atom. The van der Waals surface area contributed by atoms with Gasteiger partial charge in [0.05, 0.1) is 7.11 Å². The zero-order chi connectivity index (χ0) is 12.8. The molecule has 0 fully saturated rings. The molecule has 2 aromatic rings. The summed E-state index contributed by atoms with van der Waals surface area (Å²) >= 11 is 0. The van der Waals surface area contributed by atoms with E-state index in [0.717, 1.165) is 18.4 Å². The van der Waals surface area contributed by atoms with Gasteiger partial charge in [0.25, 0.3) is 0 Å². The summed E-state index contributed by atoms with van der Waals surface area (Å²) in [5, 5.41) is 0. The van der Waals surface area contributed by atoms with Gasteiger partial charge in [0.1, 0.15) is 0 Å². The van der Waals surface area contributed by atoms with Gasteiger partial charge in [-0.05, 0) is 36.1 Å². The molecule has 0 spiro atoms. The van der Waals surface area contributed by atoms with E-state index < -0.39 is 0 Å². The van der Waals surface area contributed by atoms with Crippen LogP contribution in [-0.4, -0.2) is 23.1 Å². The minimum Gasteiger partial charge on any atom is -0.481 e. The molecular weight excluding hydrogens is 226 g/mol. The highest BCUT2D eigenvalue weighted by Crippen LogP contribution is 2.10. The van der Waals surface area contributed by atoms with Crippen molar-refractivity contribution >= 4 is 0 Å². The largest absolute Gasteiger partial charge is 0.481 e. The monoisotopic (exact) mass is 243 g/mol. The summed E-state index contributed by atoms with van der Waals surface area (Å²) < 4.78 is 5.02. The van der Waals surface area contributed by atoms with Crippen LogP contribution in [0.25, 0.3) is 0 Å². The van der Waals surface area contributed by atoms with E-state index in [1.165, 1.54) is 5.56 Å². The fraction of sp³-hybridized carbons (Fsp3) is 0.286. The minimum absolute atomic E-state index is 0.0857. The third kappa shape index (κ3) is 3.53. The van der Waals surface area contributed by atoms with Gasteiger partial charge in [-0.3, -0.25) is 4.98 Å². The van der Waals surface area contributed by atoms with Crippen molar-refractivity contribution in [3.8, 4) is 5.88 Å². The fourth-order valence-corrected chi connectivity index (χ4v) is 1.85. The lowest BCUT2D eigenvalue weighted by atomic mass is 10.0. The number of nitrogens with two attached hydrogens (primary N) is 1. The van der Waals surface area contributed by atoms with Crippen LogP contribution in [0.4, 0.5) is 0 Å². The Morgan fingerprint density at radius 2 is 1.83 bits per heavy atom. The van der Waals surface area contributed by atoms with Crippen LogP contribution in [0.3, 0.4) is 0 Å². The van der Waals surface area contributed by atoms with Crippen LogP contribution < -0.4 is 10.5 Å². The van der Waals surface area contributed by atoms with Gasteiger partial charge in [-0.15, -0.1) is 0 Å². The highest BCUT2D eigenvalue weighted by atomic mass is 16.5. The molecule has 2 N–H and O–H groups in total. The summed E-state index contributed by atoms with van der Waals surface area (Å²) in [6, 6.07) is 7.92. The summed E-state index contributed by atoms with van der Waals surface area (Å²) in [5.74, 6) is 0.626. The van der Waals surface area contributed by atoms with Crippen molar-refractivity contribution in [3.05, 3.63) is 54.0 Å². The van der Waals surface area contributed by atoms with Crippen LogP contribution in [0, 0.1) is 0 Å². The van der Waals surface area contributed by atoms with Crippen LogP contribution in [-0.2, 0) is 12.8 Å². The third-order valence-electron chi connectivity index (χ3n) is 2.75. The van der Waals surface area contributed by atoms with Crippen LogP contribution >= 0.6 is 0 Å². The van der Waals surface area contributed by atoms with Crippen molar-refractivity contribution in [2.45, 2.75) is 18.9 Å². The number of ether oxygens (including phenoxy) is 1. The Labute approximate surface area is 107 Å². The highest BCUT2D eigenvalue weighted by molar-refractivity contribution is 5.19. The number of hydrogen-bond donors (Lipinski definition) is 1. The first-order valence-electron chi connectivity index (χ1n) is 5.91. The number of methoxy groups -OCH3 is 1. The molecule has 0 aliphatic rings. The predicted octanol–water partition coefficient (Wildman–Crippen LogP) is 1.60. The highest BCUT2D eigenvalue weighted by Gasteiger charge is 2.06. The Balaban J connectivity index is 1.92. The van der Waals surface area contributed by atoms with E-state index >= 15 is 0 Å². The lowest BCUT2D eigenvalue weighted by Gasteiger charge is -2.11. The summed E-state index contributed by atoms with van der Waals surface area (Å²) in [4.78, 5) is 8.16. The first kappa shape index (κ1) is 12.5. The molecule has 2 heterocycles. The smallest absolute Gasteiger partial charge is 0.212 e. The number of aromatic nitrogens is 2. The molecule has 4 nitrogen and oxygen atoms in total. The van der Waals surface area contributed by atoms with Crippen molar-refractivity contribution in [1.29, 1.82) is 0 Å². The lowest BCUT2D eigenvalue weighted by Crippen LogP contribution is -2.25. The number of rotatable bonds is 5. The molecule has 0 radical (unpaired) electrons. The van der Waals surface area contributed by atoms with E-state index in [1.54, 1.807) is 19.5 Å². The fourth-order valence-electron chi connectivity index (χ4n) is 1.85. The molecule has 4 heteroatoms. The molecule has 1 atom stereocenters. The van der Waals surface area contributed by atoms with E-state index in [0.29, 0.717) is 5.88 Å². The Bertz CT molecular complexity index is 470. The SMILES string of the molecule is COc1ccc(CC(N)Cc2ccncc2)cn1. The second-order valence-corrected chi connectivity index (χ2v) is 4.23. The standard InChI is InChI=1S/C14H17N3O/c1-18-14-3-2-12(10-17-14)9-13(15)8-11-4-6-16-7-5-11/h2-7,10,13H,8-9,15H2,1H3. The Kier molecular flexibility index (Phi) is 4.25. The average Bonchev–Trinajstić information content (AvgIpc) is 2.40. The zero-order valence-corrected chi connectivity index (χ0v) is 10.4. The summed E-state index contributed by atoms with van der Waals surface area (Å²) in [5.41, 5.74) is 8.46. The molecule has 2 rings (SSSR count). The van der Waals surface area contributed by atoms with E-state index in [4.69, 9.17) is 10.5 Å². The first-order chi connectivity index (χ1) is 8.78. The van der Waals surface area contributed by atoms with Crippen molar-refractivity contribution in [2.24, 2.45) is 5.73 Å². The van der Waals surface area contributed by atoms with Crippen molar-refractivity contribution in [3.63, 3.8) is 0 Å². The van der Waals surface area contributed by atoms with Gasteiger partial charge in [0, 0.05) is 30.7 Å². The molecule has 0 saturated carbocycles. The summed E-state index contributed by atoms with van der Waals surface area (Å²) in [6.07, 6.45) is 7.03. The van der Waals surface area contributed by atoms with Crippen LogP contribution in [0.15, 0.2) is 42.9 Å². The maximum absolute atomic E-state index is 6.13. The number of pyridine rings is 2. The number of nitrogens with zero attached hydrogens (tertiary/aromatic N) is 2. The molecule has 0 saturated heterocycles. The molecular formula is C14H17N3O. The zero-order valence-electron chi connectivity index (χ0n) is 10.4. The minimum atomic E-state index is 0.0857. The summed E-state index contributed by atoms with van der Waals surface area (Å²) in [6.45, 7) is 0. The topological polar surface area (TPSA) is 61.0 Å². The maximum atomic E-state index is 6.13. The summed E-state index contributed by atoms with van der Waals surface area (Å²) in [7, 11) is 1.61. The normalized spacial score (nSPS) is 12.1. The molecule has 18 heavy (non-hydrogen) atoms. The van der Waals surface area contributed by atoms with Gasteiger partial charge in [-0.1, -0.05) is 6.07 Å². The third-order valence-corrected chi connectivity index (χ3v) is 2.75. The Morgan fingerprint density at radius 1 is 1.11 bits per heavy atom. The molecule has 94 valence electrons. The second-order valence-electron chi connectivity index (χ2n) is 4.23. The van der Waals surface area contributed by atoms with Gasteiger partial charge in [-0.2, -0.15) is 0 Å². The van der Waals surface area contributed by atoms with Gasteiger partial charge < -0.3 is 10.5 Å². The van der Waals surface area contributed by atoms with Gasteiger partial charge in [-0.25, -0.2) is 4.98 Å². The molecule has 0 aliphatic heterocycles. The average molecular weight is 243 g/mol. The molecule has 0 amide bonds. The van der Waals surface area contributed by atoms with Gasteiger partial charge in [0.2, 0.25) is 5.88 Å². The first-order valence-corrected chi connectivity index (χ1v) is 5.91. The molecule has 0 aliphatic carbocycles. The second kappa shape index (κ2) is 6.12. The predicted molar refractivity (Wildman–Crippen MR) is 70.4 cm³/mol. The maximum Gasteiger partial charge on any atom is 0.212 e. The van der Waals surface area contributed by atoms with Gasteiger partial charge in [0.15, 0.2) is 0 Å². The number of hydrogen-bond acceptors (Lipinski definition) is 4. The Hall–Kier alpha value is -1.94. The molecule has 0 bridgehead atoms. The van der Waals surface area contributed by atoms with Crippen molar-refractivity contribution in [1.82, 2.24) is 9.97 Å². The van der Waals surface area contributed by atoms with Crippen LogP contribution in [0.1, 0.15) is 11.1 Å². The van der Waals surface area contributed by atoms with Crippen molar-refractivity contribution < 1.29 is 4.74 Å². The van der Waals surface area contributed by atoms with E-state index in [2.05, 4.69) is 9.97 Å². The lowest BCUT2D eigenvalue weighted by molar-refractivity contribution is 0.397. The van der Waals surface area contributed by atoms with E-state index in [9.17, 15) is 0 Å². The van der Waals surface area contributed by atoms with E-state index in [1.807, 2.05) is 30.5 Å². The van der Waals surface area contributed by atoms with E-state index in [-0.39, 0.29) is 6.04 Å². The quantitative estimate of drug-likeness (QED) is 0.866. The molecule has 1 unspecified atom stereocenters. The van der Waals surface area contributed by atoms with Gasteiger partial charge >= 0.3 is 0 Å². The van der Waals surface area contributed by atoms with Crippen LogP contribution in [0.5, 0.6) is 5.88 Å². The van der Waals surface area contributed by atoms with Crippen LogP contribution in [0.2, 0.25) is 0 Å². The molecule has 0 aromatic carbocycles. The van der Waals surface area contributed by atoms with Crippen molar-refractivity contribution in [2.75, 3.05) is 7.11 Å². The molecule has 2 aromatic heterocycles.